The van der Waals surface area contributed by atoms with Gasteiger partial charge in [0.05, 0.1) is 17.9 Å². The summed E-state index contributed by atoms with van der Waals surface area (Å²) in [6.45, 7) is 0.215. The van der Waals surface area contributed by atoms with Crippen LogP contribution in [0.25, 0.3) is 11.0 Å². The van der Waals surface area contributed by atoms with E-state index in [-0.39, 0.29) is 19.1 Å². The lowest BCUT2D eigenvalue weighted by Crippen LogP contribution is -2.59. The van der Waals surface area contributed by atoms with Crippen molar-refractivity contribution in [1.82, 2.24) is 14.9 Å². The molecule has 4 saturated carbocycles. The van der Waals surface area contributed by atoms with Crippen LogP contribution in [0, 0.1) is 23.7 Å². The normalized spacial score (nSPS) is 36.2. The molecule has 2 aromatic rings. The third-order valence-electron chi connectivity index (χ3n) is 7.55. The highest BCUT2D eigenvalue weighted by Crippen LogP contribution is 2.59. The molecule has 0 aromatic carbocycles. The van der Waals surface area contributed by atoms with Gasteiger partial charge in [-0.2, -0.15) is 5.10 Å². The third kappa shape index (κ3) is 2.28. The minimum absolute atomic E-state index is 0.0671. The zero-order valence-electron chi connectivity index (χ0n) is 15.8. The van der Waals surface area contributed by atoms with Gasteiger partial charge >= 0.3 is 7.05 Å². The number of H-pyrrole nitrogens is 1. The van der Waals surface area contributed by atoms with Gasteiger partial charge in [0.15, 0.2) is 0 Å². The lowest BCUT2D eigenvalue weighted by Gasteiger charge is -2.58. The minimum Gasteiger partial charge on any atom is -0.428 e. The fourth-order valence-corrected chi connectivity index (χ4v) is 6.84. The molecular weight excluding hydrogens is 355 g/mol. The molecule has 0 saturated heterocycles. The van der Waals surface area contributed by atoms with Crippen LogP contribution in [0.15, 0.2) is 23.6 Å². The zero-order chi connectivity index (χ0) is 19.0. The van der Waals surface area contributed by atoms with E-state index in [2.05, 4.69) is 9.97 Å². The van der Waals surface area contributed by atoms with E-state index in [1.807, 2.05) is 12.3 Å². The number of hydrogen-bond donors (Lipinski definition) is 4. The molecule has 7 nitrogen and oxygen atoms in total. The third-order valence-corrected chi connectivity index (χ3v) is 7.55. The summed E-state index contributed by atoms with van der Waals surface area (Å²) < 4.78 is 0. The Balaban J connectivity index is 1.52. The Bertz CT molecular complexity index is 960. The highest BCUT2D eigenvalue weighted by molar-refractivity contribution is 6.66. The zero-order valence-corrected chi connectivity index (χ0v) is 15.8. The van der Waals surface area contributed by atoms with E-state index in [4.69, 9.17) is 5.10 Å². The SMILES string of the molecule is OCCN1N=C([C@H]2C3CC4CC2C[C@@](O)(C4)C3)c2c(cnc3[nH]ccc23)B1O. The molecule has 4 fully saturated rings. The molecule has 0 radical (unpaired) electrons. The lowest BCUT2D eigenvalue weighted by atomic mass is 9.48. The van der Waals surface area contributed by atoms with Crippen LogP contribution in [0.3, 0.4) is 0 Å². The first-order chi connectivity index (χ1) is 13.6. The summed E-state index contributed by atoms with van der Waals surface area (Å²) in [7, 11) is -0.904. The lowest BCUT2D eigenvalue weighted by molar-refractivity contribution is -0.138. The van der Waals surface area contributed by atoms with Crippen molar-refractivity contribution < 1.29 is 15.2 Å². The number of fused-ring (bicyclic) bond motifs is 3. The number of nitrogens with one attached hydrogen (secondary N) is 1. The molecule has 1 aliphatic heterocycles. The summed E-state index contributed by atoms with van der Waals surface area (Å²) >= 11 is 0. The van der Waals surface area contributed by atoms with Crippen molar-refractivity contribution >= 4 is 29.3 Å². The maximum absolute atomic E-state index is 11.0. The van der Waals surface area contributed by atoms with Crippen molar-refractivity contribution in [1.29, 1.82) is 0 Å². The molecule has 2 unspecified atom stereocenters. The highest BCUT2D eigenvalue weighted by atomic mass is 16.3. The number of hydrogen-bond acceptors (Lipinski definition) is 6. The quantitative estimate of drug-likeness (QED) is 0.579. The summed E-state index contributed by atoms with van der Waals surface area (Å²) in [4.78, 5) is 9.25. The Kier molecular flexibility index (Phi) is 3.53. The molecule has 5 aliphatic rings. The molecular formula is C20H25BN4O3. The fraction of sp³-hybridized carbons (Fsp3) is 0.600. The second-order valence-electron chi connectivity index (χ2n) is 9.29. The first-order valence-electron chi connectivity index (χ1n) is 10.4. The predicted octanol–water partition coefficient (Wildman–Crippen LogP) is 0.450. The van der Waals surface area contributed by atoms with E-state index in [0.29, 0.717) is 17.8 Å². The van der Waals surface area contributed by atoms with Crippen LogP contribution in [-0.2, 0) is 0 Å². The summed E-state index contributed by atoms with van der Waals surface area (Å²) in [5.41, 5.74) is 3.09. The van der Waals surface area contributed by atoms with E-state index in [0.717, 1.165) is 59.9 Å². The number of aromatic nitrogens is 2. The van der Waals surface area contributed by atoms with Gasteiger partial charge in [0.25, 0.3) is 0 Å². The largest absolute Gasteiger partial charge is 0.468 e. The number of aliphatic hydroxyl groups excluding tert-OH is 1. The van der Waals surface area contributed by atoms with Crippen LogP contribution in [0.4, 0.5) is 0 Å². The number of aliphatic hydroxyl groups is 2. The van der Waals surface area contributed by atoms with Crippen LogP contribution in [0.5, 0.6) is 0 Å². The molecule has 8 heteroatoms. The predicted molar refractivity (Wildman–Crippen MR) is 106 cm³/mol. The first-order valence-corrected chi connectivity index (χ1v) is 10.4. The summed E-state index contributed by atoms with van der Waals surface area (Å²) in [6, 6.07) is 2.01. The smallest absolute Gasteiger partial charge is 0.428 e. The van der Waals surface area contributed by atoms with Gasteiger partial charge in [-0.05, 0) is 55.9 Å². The monoisotopic (exact) mass is 380 g/mol. The van der Waals surface area contributed by atoms with E-state index in [1.165, 1.54) is 0 Å². The molecule has 0 spiro atoms. The molecule has 7 rings (SSSR count). The standard InChI is InChI=1S/C20H25BN4O3/c26-4-3-25-21(28)15-10-23-19-14(1-2-22-19)17(15)18(24-25)16-12-5-11-6-13(16)9-20(27,7-11)8-12/h1-2,10-13,16,26-28H,3-9H2,(H,22,23)/t11?,12?,13?,16-,20+. The van der Waals surface area contributed by atoms with Gasteiger partial charge < -0.3 is 25.1 Å². The summed E-state index contributed by atoms with van der Waals surface area (Å²) in [5.74, 6) is 1.77. The van der Waals surface area contributed by atoms with Crippen LogP contribution in [0.2, 0.25) is 0 Å². The average Bonchev–Trinajstić information content (AvgIpc) is 3.12. The molecule has 0 amide bonds. The van der Waals surface area contributed by atoms with Gasteiger partial charge in [0, 0.05) is 41.3 Å². The van der Waals surface area contributed by atoms with Gasteiger partial charge in [-0.15, -0.1) is 0 Å². The molecule has 4 N–H and O–H groups in total. The Morgan fingerprint density at radius 1 is 1.25 bits per heavy atom. The molecule has 146 valence electrons. The first kappa shape index (κ1) is 17.0. The van der Waals surface area contributed by atoms with Crippen molar-refractivity contribution in [2.75, 3.05) is 13.2 Å². The molecule has 2 atom stereocenters. The number of hydrazone groups is 1. The Hall–Kier alpha value is -1.90. The van der Waals surface area contributed by atoms with E-state index in [1.54, 1.807) is 11.1 Å². The van der Waals surface area contributed by atoms with Crippen LogP contribution < -0.4 is 5.46 Å². The topological polar surface area (TPSA) is 105 Å². The number of β-amino-alcohol motifs (C(OH)–C–C–N with tert-alkyl or cyclic N) is 1. The molecule has 4 aliphatic carbocycles. The number of aromatic amines is 1. The van der Waals surface area contributed by atoms with Crippen molar-refractivity contribution in [2.24, 2.45) is 28.8 Å². The molecule has 2 aromatic heterocycles. The summed E-state index contributed by atoms with van der Waals surface area (Å²) in [6.07, 6.45) is 8.58. The molecule has 4 bridgehead atoms. The van der Waals surface area contributed by atoms with E-state index < -0.39 is 12.7 Å². The number of rotatable bonds is 3. The van der Waals surface area contributed by atoms with Crippen molar-refractivity contribution in [3.05, 3.63) is 24.0 Å². The second-order valence-corrected chi connectivity index (χ2v) is 9.29. The van der Waals surface area contributed by atoms with Crippen LogP contribution >= 0.6 is 0 Å². The summed E-state index contributed by atoms with van der Waals surface area (Å²) in [5, 5.41) is 37.2. The van der Waals surface area contributed by atoms with Crippen molar-refractivity contribution in [3.8, 4) is 0 Å². The van der Waals surface area contributed by atoms with Crippen LogP contribution in [-0.4, -0.2) is 61.6 Å². The fourth-order valence-electron chi connectivity index (χ4n) is 6.84. The Morgan fingerprint density at radius 3 is 2.75 bits per heavy atom. The number of nitrogens with zero attached hydrogens (tertiary/aromatic N) is 3. The minimum atomic E-state index is -0.904. The van der Waals surface area contributed by atoms with E-state index >= 15 is 0 Å². The van der Waals surface area contributed by atoms with E-state index in [9.17, 15) is 15.2 Å². The Labute approximate surface area is 163 Å². The van der Waals surface area contributed by atoms with Gasteiger partial charge in [0.1, 0.15) is 5.65 Å². The molecule has 28 heavy (non-hydrogen) atoms. The van der Waals surface area contributed by atoms with Gasteiger partial charge in [-0.25, -0.2) is 4.98 Å². The van der Waals surface area contributed by atoms with Crippen molar-refractivity contribution in [2.45, 2.75) is 37.7 Å². The highest BCUT2D eigenvalue weighted by Gasteiger charge is 2.57. The van der Waals surface area contributed by atoms with Crippen LogP contribution in [0.1, 0.15) is 37.7 Å². The maximum Gasteiger partial charge on any atom is 0.468 e. The second kappa shape index (κ2) is 5.81. The van der Waals surface area contributed by atoms with Gasteiger partial charge in [-0.1, -0.05) is 0 Å². The average molecular weight is 380 g/mol. The van der Waals surface area contributed by atoms with Gasteiger partial charge in [-0.3, -0.25) is 0 Å². The van der Waals surface area contributed by atoms with Crippen molar-refractivity contribution in [3.63, 3.8) is 0 Å². The Morgan fingerprint density at radius 2 is 2.04 bits per heavy atom. The van der Waals surface area contributed by atoms with Gasteiger partial charge in [0.2, 0.25) is 0 Å². The maximum atomic E-state index is 11.0. The molecule has 3 heterocycles. The number of pyridine rings is 1.